The van der Waals surface area contributed by atoms with Crippen molar-refractivity contribution < 1.29 is 19.5 Å². The standard InChI is InChI=1S/C19H16Cl3NO4/c1-2-27-23-18(19(24)25)14-8-4-3-6-13(14)11-26-15-9-5-7-12(17(15)22)10-16(20)21/h3-10H,2,11H2,1H3,(H,24,25)/b23-18+. The van der Waals surface area contributed by atoms with E-state index in [1.54, 1.807) is 49.4 Å². The van der Waals surface area contributed by atoms with Gasteiger partial charge in [0, 0.05) is 5.56 Å². The average Bonchev–Trinajstić information content (AvgIpc) is 2.63. The van der Waals surface area contributed by atoms with Crippen molar-refractivity contribution in [1.82, 2.24) is 0 Å². The van der Waals surface area contributed by atoms with Crippen LogP contribution in [0, 0.1) is 0 Å². The maximum Gasteiger partial charge on any atom is 0.358 e. The lowest BCUT2D eigenvalue weighted by Gasteiger charge is -2.13. The van der Waals surface area contributed by atoms with Gasteiger partial charge in [-0.15, -0.1) is 0 Å². The minimum Gasteiger partial charge on any atom is -0.487 e. The molecule has 2 rings (SSSR count). The number of rotatable bonds is 8. The molecule has 8 heteroatoms. The summed E-state index contributed by atoms with van der Waals surface area (Å²) in [5.74, 6) is -0.786. The second-order valence-corrected chi connectivity index (χ2v) is 6.59. The fourth-order valence-corrected chi connectivity index (χ4v) is 2.70. The van der Waals surface area contributed by atoms with E-state index in [1.807, 2.05) is 0 Å². The number of carboxylic acids is 1. The lowest BCUT2D eigenvalue weighted by molar-refractivity contribution is -0.129. The summed E-state index contributed by atoms with van der Waals surface area (Å²) < 4.78 is 5.85. The maximum atomic E-state index is 11.5. The largest absolute Gasteiger partial charge is 0.487 e. The average molecular weight is 429 g/mol. The number of benzene rings is 2. The van der Waals surface area contributed by atoms with E-state index in [9.17, 15) is 9.90 Å². The molecule has 27 heavy (non-hydrogen) atoms. The zero-order valence-corrected chi connectivity index (χ0v) is 16.6. The molecule has 0 aliphatic rings. The second kappa shape index (κ2) is 10.2. The first-order chi connectivity index (χ1) is 12.9. The van der Waals surface area contributed by atoms with E-state index in [2.05, 4.69) is 5.16 Å². The highest BCUT2D eigenvalue weighted by atomic mass is 35.5. The molecule has 1 N–H and O–H groups in total. The van der Waals surface area contributed by atoms with E-state index in [1.165, 1.54) is 6.08 Å². The summed E-state index contributed by atoms with van der Waals surface area (Å²) in [7, 11) is 0. The van der Waals surface area contributed by atoms with E-state index in [0.717, 1.165) is 0 Å². The van der Waals surface area contributed by atoms with Crippen LogP contribution in [0.2, 0.25) is 5.02 Å². The molecule has 2 aromatic carbocycles. The van der Waals surface area contributed by atoms with E-state index in [4.69, 9.17) is 44.4 Å². The summed E-state index contributed by atoms with van der Waals surface area (Å²) in [6, 6.07) is 12.0. The van der Waals surface area contributed by atoms with E-state index in [0.29, 0.717) is 27.5 Å². The molecular formula is C19H16Cl3NO4. The predicted molar refractivity (Wildman–Crippen MR) is 108 cm³/mol. The molecule has 5 nitrogen and oxygen atoms in total. The topological polar surface area (TPSA) is 68.1 Å². The Bertz CT molecular complexity index is 877. The number of hydrogen-bond donors (Lipinski definition) is 1. The van der Waals surface area contributed by atoms with Crippen LogP contribution in [0.3, 0.4) is 0 Å². The van der Waals surface area contributed by atoms with Crippen molar-refractivity contribution >= 4 is 52.6 Å². The summed E-state index contributed by atoms with van der Waals surface area (Å²) in [4.78, 5) is 16.4. The smallest absolute Gasteiger partial charge is 0.358 e. The van der Waals surface area contributed by atoms with Crippen LogP contribution in [0.5, 0.6) is 5.75 Å². The van der Waals surface area contributed by atoms with Gasteiger partial charge in [0.2, 0.25) is 0 Å². The summed E-state index contributed by atoms with van der Waals surface area (Å²) in [6.07, 6.45) is 1.50. The Hall–Kier alpha value is -2.21. The molecule has 0 spiro atoms. The highest BCUT2D eigenvalue weighted by Crippen LogP contribution is 2.31. The molecule has 0 saturated carbocycles. The number of aliphatic carboxylic acids is 1. The molecule has 0 fully saturated rings. The van der Waals surface area contributed by atoms with Crippen LogP contribution < -0.4 is 4.74 Å². The number of oxime groups is 1. The number of hydrogen-bond acceptors (Lipinski definition) is 4. The Labute approximate surface area is 171 Å². The van der Waals surface area contributed by atoms with Gasteiger partial charge in [0.05, 0.1) is 5.02 Å². The second-order valence-electron chi connectivity index (χ2n) is 5.20. The van der Waals surface area contributed by atoms with Gasteiger partial charge in [-0.1, -0.05) is 76.4 Å². The first-order valence-corrected chi connectivity index (χ1v) is 9.03. The minimum atomic E-state index is -1.20. The van der Waals surface area contributed by atoms with Gasteiger partial charge in [-0.25, -0.2) is 4.79 Å². The summed E-state index contributed by atoms with van der Waals surface area (Å²) in [5, 5.41) is 13.5. The highest BCUT2D eigenvalue weighted by molar-refractivity contribution is 6.57. The van der Waals surface area contributed by atoms with Crippen molar-refractivity contribution in [2.45, 2.75) is 13.5 Å². The zero-order valence-electron chi connectivity index (χ0n) is 14.3. The molecule has 2 aromatic rings. The molecule has 0 aliphatic heterocycles. The third-order valence-corrected chi connectivity index (χ3v) is 4.02. The molecule has 0 aromatic heterocycles. The monoisotopic (exact) mass is 427 g/mol. The van der Waals surface area contributed by atoms with Crippen molar-refractivity contribution in [2.24, 2.45) is 5.16 Å². The summed E-state index contributed by atoms with van der Waals surface area (Å²) in [6.45, 7) is 2.05. The van der Waals surface area contributed by atoms with Crippen LogP contribution in [0.1, 0.15) is 23.6 Å². The third kappa shape index (κ3) is 5.89. The number of carbonyl (C=O) groups is 1. The van der Waals surface area contributed by atoms with Gasteiger partial charge < -0.3 is 14.7 Å². The van der Waals surface area contributed by atoms with Crippen molar-refractivity contribution in [3.05, 3.63) is 68.7 Å². The molecule has 0 amide bonds. The molecule has 0 heterocycles. The third-order valence-electron chi connectivity index (χ3n) is 3.40. The normalized spacial score (nSPS) is 11.0. The van der Waals surface area contributed by atoms with Crippen LogP contribution in [-0.2, 0) is 16.2 Å². The zero-order chi connectivity index (χ0) is 19.8. The Morgan fingerprint density at radius 1 is 1.19 bits per heavy atom. The highest BCUT2D eigenvalue weighted by Gasteiger charge is 2.18. The number of halogens is 3. The lowest BCUT2D eigenvalue weighted by atomic mass is 10.0. The van der Waals surface area contributed by atoms with Gasteiger partial charge in [0.25, 0.3) is 0 Å². The molecular weight excluding hydrogens is 413 g/mol. The van der Waals surface area contributed by atoms with Crippen LogP contribution in [0.4, 0.5) is 0 Å². The van der Waals surface area contributed by atoms with E-state index >= 15 is 0 Å². The Morgan fingerprint density at radius 2 is 1.93 bits per heavy atom. The minimum absolute atomic E-state index is 0.0673. The SMILES string of the molecule is CCO/N=C(/C(=O)O)c1ccccc1COc1cccc(C=C(Cl)Cl)c1Cl. The first-order valence-electron chi connectivity index (χ1n) is 7.89. The van der Waals surface area contributed by atoms with Crippen LogP contribution in [0.15, 0.2) is 52.1 Å². The fourth-order valence-electron chi connectivity index (χ4n) is 2.23. The summed E-state index contributed by atoms with van der Waals surface area (Å²) in [5.41, 5.74) is 1.42. The van der Waals surface area contributed by atoms with Gasteiger partial charge in [-0.2, -0.15) is 0 Å². The fraction of sp³-hybridized carbons (Fsp3) is 0.158. The molecule has 0 radical (unpaired) electrons. The van der Waals surface area contributed by atoms with Crippen molar-refractivity contribution in [3.63, 3.8) is 0 Å². The molecule has 142 valence electrons. The molecule has 0 bridgehead atoms. The maximum absolute atomic E-state index is 11.5. The molecule has 0 atom stereocenters. The van der Waals surface area contributed by atoms with Gasteiger partial charge in [-0.3, -0.25) is 0 Å². The Kier molecular flexibility index (Phi) is 7.98. The molecule has 0 unspecified atom stereocenters. The molecule has 0 aliphatic carbocycles. The van der Waals surface area contributed by atoms with E-state index < -0.39 is 5.97 Å². The number of nitrogens with zero attached hydrogens (tertiary/aromatic N) is 1. The van der Waals surface area contributed by atoms with Gasteiger partial charge in [0.15, 0.2) is 5.71 Å². The Balaban J connectivity index is 2.30. The van der Waals surface area contributed by atoms with Crippen LogP contribution in [0.25, 0.3) is 6.08 Å². The first kappa shape index (κ1) is 21.1. The van der Waals surface area contributed by atoms with E-state index in [-0.39, 0.29) is 23.4 Å². The number of ether oxygens (including phenoxy) is 1. The van der Waals surface area contributed by atoms with Gasteiger partial charge in [-0.05, 0) is 30.2 Å². The molecule has 0 saturated heterocycles. The van der Waals surface area contributed by atoms with Crippen molar-refractivity contribution in [1.29, 1.82) is 0 Å². The van der Waals surface area contributed by atoms with Gasteiger partial charge in [0.1, 0.15) is 23.5 Å². The van der Waals surface area contributed by atoms with Gasteiger partial charge >= 0.3 is 5.97 Å². The quantitative estimate of drug-likeness (QED) is 0.444. The Morgan fingerprint density at radius 3 is 2.59 bits per heavy atom. The van der Waals surface area contributed by atoms with Crippen molar-refractivity contribution in [3.8, 4) is 5.75 Å². The van der Waals surface area contributed by atoms with Crippen LogP contribution in [-0.4, -0.2) is 23.4 Å². The van der Waals surface area contributed by atoms with Crippen LogP contribution >= 0.6 is 34.8 Å². The summed E-state index contributed by atoms with van der Waals surface area (Å²) >= 11 is 17.7. The predicted octanol–water partition coefficient (Wildman–Crippen LogP) is 5.52. The lowest BCUT2D eigenvalue weighted by Crippen LogP contribution is -2.18. The van der Waals surface area contributed by atoms with Crippen molar-refractivity contribution in [2.75, 3.05) is 6.61 Å². The number of carboxylic acid groups (broad SMARTS) is 1.